The average Bonchev–Trinajstić information content (AvgIpc) is 3.52. The minimum absolute atomic E-state index is 0. The largest absolute Gasteiger partial charge is 0.687 e. The van der Waals surface area contributed by atoms with Crippen LogP contribution < -0.4 is 0 Å². The van der Waals surface area contributed by atoms with Crippen molar-refractivity contribution in [2.75, 3.05) is 26.4 Å². The molecule has 0 bridgehead atoms. The first-order valence-corrected chi connectivity index (χ1v) is 20.4. The van der Waals surface area contributed by atoms with Crippen LogP contribution in [0.2, 0.25) is 38.3 Å². The second kappa shape index (κ2) is 17.9. The van der Waals surface area contributed by atoms with E-state index in [-0.39, 0.29) is 32.7 Å². The van der Waals surface area contributed by atoms with E-state index >= 15 is 0 Å². The monoisotopic (exact) mass is 594 g/mol. The molecule has 4 rings (SSSR count). The van der Waals surface area contributed by atoms with Gasteiger partial charge in [0.15, 0.2) is 0 Å². The molecule has 2 saturated heterocycles. The molecule has 1 saturated carbocycles. The van der Waals surface area contributed by atoms with Crippen LogP contribution in [0, 0.1) is 30.2 Å². The first-order chi connectivity index (χ1) is 15.8. The second-order valence-corrected chi connectivity index (χ2v) is 21.6. The zero-order chi connectivity index (χ0) is 25.8. The maximum atomic E-state index is 5.18. The van der Waals surface area contributed by atoms with E-state index in [9.17, 15) is 0 Å². The summed E-state index contributed by atoms with van der Waals surface area (Å²) in [5, 5.41) is 0. The topological polar surface area (TPSA) is 32.6 Å². The minimum Gasteiger partial charge on any atom is -0.687 e. The van der Waals surface area contributed by atoms with Gasteiger partial charge in [-0.15, -0.1) is 13.8 Å². The first kappa shape index (κ1) is 35.5. The molecule has 0 amide bonds. The second-order valence-electron chi connectivity index (χ2n) is 12.3. The molecule has 1 aromatic carbocycles. The number of hydrogen-bond donors (Lipinski definition) is 0. The van der Waals surface area contributed by atoms with E-state index in [4.69, 9.17) is 14.5 Å². The Labute approximate surface area is 246 Å². The van der Waals surface area contributed by atoms with Crippen LogP contribution >= 0.6 is 0 Å². The molecule has 4 unspecified atom stereocenters. The van der Waals surface area contributed by atoms with Gasteiger partial charge in [0.2, 0.25) is 0 Å². The Morgan fingerprint density at radius 3 is 1.31 bits per heavy atom. The summed E-state index contributed by atoms with van der Waals surface area (Å²) in [6.07, 6.45) is 5.11. The SMILES string of the molecule is C1CCOC1.C1CCOC1.CC1C(C)C(C)C([Si](C)(C)[N-]c2ccccc2)C1C.[CH2-][Si](C)(C)C.[Y]. The molecule has 3 nitrogen and oxygen atoms in total. The molecule has 1 radical (unpaired) electrons. The van der Waals surface area contributed by atoms with Gasteiger partial charge in [-0.1, -0.05) is 96.3 Å². The number of ether oxygens (including phenoxy) is 2. The molecule has 35 heavy (non-hydrogen) atoms. The van der Waals surface area contributed by atoms with E-state index < -0.39 is 16.3 Å². The molecule has 0 spiro atoms. The van der Waals surface area contributed by atoms with Crippen LogP contribution in [-0.2, 0) is 42.2 Å². The van der Waals surface area contributed by atoms with E-state index in [1.165, 1.54) is 31.4 Å². The van der Waals surface area contributed by atoms with Gasteiger partial charge in [0.1, 0.15) is 0 Å². The molecule has 1 aliphatic carbocycles. The molecule has 3 aliphatic rings. The van der Waals surface area contributed by atoms with Crippen LogP contribution in [0.25, 0.3) is 4.98 Å². The molecule has 0 aromatic heterocycles. The van der Waals surface area contributed by atoms with Crippen molar-refractivity contribution in [1.82, 2.24) is 0 Å². The number of hydrogen-bond acceptors (Lipinski definition) is 2. The van der Waals surface area contributed by atoms with E-state index in [1.807, 2.05) is 0 Å². The maximum absolute atomic E-state index is 5.18. The first-order valence-electron chi connectivity index (χ1n) is 13.6. The summed E-state index contributed by atoms with van der Waals surface area (Å²) in [5.74, 6) is 3.27. The van der Waals surface area contributed by atoms with E-state index in [1.54, 1.807) is 0 Å². The standard InChI is InChI=1S/C17H28NSi.2C4H8O.C4H11Si.Y/c1-12-13(2)15(4)17(14(12)3)19(5,6)18-16-10-8-7-9-11-16;2*1-2-4-5-3-1;1-5(2,3)4;/h7-15,17H,1-6H3;2*1-4H2;1H2,2-4H3;/q-1;;;-1;. The maximum Gasteiger partial charge on any atom is 0.0466 e. The molecular weight excluding hydrogens is 539 g/mol. The molecule has 2 heterocycles. The normalized spacial score (nSPS) is 27.8. The van der Waals surface area contributed by atoms with Gasteiger partial charge in [0.25, 0.3) is 0 Å². The van der Waals surface area contributed by atoms with Crippen LogP contribution in [-0.4, -0.2) is 42.7 Å². The number of nitrogens with zero attached hydrogens (tertiary/aromatic N) is 1. The molecule has 201 valence electrons. The van der Waals surface area contributed by atoms with E-state index in [0.717, 1.165) is 55.6 Å². The van der Waals surface area contributed by atoms with Crippen molar-refractivity contribution < 1.29 is 42.2 Å². The molecular formula is C29H55NO2Si2Y-2. The fourth-order valence-corrected chi connectivity index (χ4v) is 9.45. The molecule has 0 N–H and O–H groups in total. The van der Waals surface area contributed by atoms with Gasteiger partial charge >= 0.3 is 0 Å². The predicted octanol–water partition coefficient (Wildman–Crippen LogP) is 9.11. The van der Waals surface area contributed by atoms with Crippen LogP contribution in [0.3, 0.4) is 0 Å². The average molecular weight is 595 g/mol. The summed E-state index contributed by atoms with van der Waals surface area (Å²) in [7, 11) is -2.46. The third-order valence-corrected chi connectivity index (χ3v) is 10.8. The van der Waals surface area contributed by atoms with Crippen molar-refractivity contribution >= 4 is 22.0 Å². The van der Waals surface area contributed by atoms with Crippen molar-refractivity contribution in [2.45, 2.75) is 91.7 Å². The van der Waals surface area contributed by atoms with Gasteiger partial charge in [-0.3, -0.25) is 0 Å². The van der Waals surface area contributed by atoms with Crippen molar-refractivity contribution in [2.24, 2.45) is 23.7 Å². The summed E-state index contributed by atoms with van der Waals surface area (Å²) in [6, 6.07) is 10.5. The quantitative estimate of drug-likeness (QED) is 0.258. The van der Waals surface area contributed by atoms with Crippen molar-refractivity contribution in [1.29, 1.82) is 0 Å². The van der Waals surface area contributed by atoms with E-state index in [2.05, 4.69) is 97.3 Å². The predicted molar refractivity (Wildman–Crippen MR) is 156 cm³/mol. The third kappa shape index (κ3) is 14.9. The molecule has 2 aliphatic heterocycles. The molecule has 1 aromatic rings. The molecule has 3 fully saturated rings. The summed E-state index contributed by atoms with van der Waals surface area (Å²) in [5.41, 5.74) is 1.98. The van der Waals surface area contributed by atoms with Crippen molar-refractivity contribution in [3.05, 3.63) is 41.9 Å². The molecule has 6 heteroatoms. The van der Waals surface area contributed by atoms with Gasteiger partial charge in [-0.05, 0) is 57.6 Å². The van der Waals surface area contributed by atoms with E-state index in [0.29, 0.717) is 0 Å². The zero-order valence-electron chi connectivity index (χ0n) is 24.5. The van der Waals surface area contributed by atoms with Crippen LogP contribution in [0.1, 0.15) is 53.4 Å². The van der Waals surface area contributed by atoms with Crippen LogP contribution in [0.15, 0.2) is 30.3 Å². The van der Waals surface area contributed by atoms with Crippen molar-refractivity contribution in [3.8, 4) is 0 Å². The molecule has 4 atom stereocenters. The van der Waals surface area contributed by atoms with Gasteiger partial charge in [-0.2, -0.15) is 0 Å². The van der Waals surface area contributed by atoms with Gasteiger partial charge < -0.3 is 21.0 Å². The summed E-state index contributed by atoms with van der Waals surface area (Å²) in [6.45, 7) is 29.2. The fraction of sp³-hybridized carbons (Fsp3) is 0.759. The Balaban J connectivity index is 0.000000584. The Morgan fingerprint density at radius 2 is 1.03 bits per heavy atom. The Bertz CT molecular complexity index is 601. The van der Waals surface area contributed by atoms with Crippen LogP contribution in [0.4, 0.5) is 5.69 Å². The Morgan fingerprint density at radius 1 is 0.686 bits per heavy atom. The summed E-state index contributed by atoms with van der Waals surface area (Å²) >= 11 is 0. The summed E-state index contributed by atoms with van der Waals surface area (Å²) in [4.78, 5) is 5.18. The Hall–Kier alpha value is 0.478. The van der Waals surface area contributed by atoms with Gasteiger partial charge in [0, 0.05) is 59.1 Å². The minimum atomic E-state index is -1.60. The van der Waals surface area contributed by atoms with Gasteiger partial charge in [0.05, 0.1) is 0 Å². The van der Waals surface area contributed by atoms with Gasteiger partial charge in [-0.25, -0.2) is 0 Å². The summed E-state index contributed by atoms with van der Waals surface area (Å²) < 4.78 is 9.89. The Kier molecular flexibility index (Phi) is 18.1. The van der Waals surface area contributed by atoms with Crippen molar-refractivity contribution in [3.63, 3.8) is 0 Å². The number of benzene rings is 1. The van der Waals surface area contributed by atoms with Crippen LogP contribution in [0.5, 0.6) is 0 Å². The fourth-order valence-electron chi connectivity index (χ4n) is 5.31. The smallest absolute Gasteiger partial charge is 0.0466 e. The zero-order valence-corrected chi connectivity index (χ0v) is 29.3. The third-order valence-electron chi connectivity index (χ3n) is 7.26. The number of rotatable bonds is 3.